The maximum atomic E-state index is 11.3. The number of aryl methyl sites for hydroxylation is 1. The molecule has 3 N–H and O–H groups in total. The maximum Gasteiger partial charge on any atom is 0.323 e. The van der Waals surface area contributed by atoms with E-state index < -0.39 is 24.4 Å². The third-order valence-electron chi connectivity index (χ3n) is 2.20. The lowest BCUT2D eigenvalue weighted by Crippen LogP contribution is -2.34. The van der Waals surface area contributed by atoms with Crippen LogP contribution in [0.3, 0.4) is 0 Å². The summed E-state index contributed by atoms with van der Waals surface area (Å²) in [6, 6.07) is 6.37. The number of ether oxygens (including phenoxy) is 1. The molecule has 0 aliphatic carbocycles. The smallest absolute Gasteiger partial charge is 0.323 e. The Kier molecular flexibility index (Phi) is 4.66. The lowest BCUT2D eigenvalue weighted by atomic mass is 10.2. The Labute approximate surface area is 99.2 Å². The summed E-state index contributed by atoms with van der Waals surface area (Å²) in [6.45, 7) is 2.06. The van der Waals surface area contributed by atoms with Gasteiger partial charge >= 0.3 is 11.9 Å². The Morgan fingerprint density at radius 3 is 2.47 bits per heavy atom. The number of rotatable bonds is 5. The summed E-state index contributed by atoms with van der Waals surface area (Å²) in [6.07, 6.45) is -0.424. The summed E-state index contributed by atoms with van der Waals surface area (Å²) in [5.41, 5.74) is 7.30. The van der Waals surface area contributed by atoms with E-state index in [-0.39, 0.29) is 6.61 Å². The molecule has 1 rings (SSSR count). The minimum atomic E-state index is -1.12. The van der Waals surface area contributed by atoms with Gasteiger partial charge in [0, 0.05) is 0 Å². The molecule has 0 unspecified atom stereocenters. The number of benzene rings is 1. The second-order valence-corrected chi connectivity index (χ2v) is 3.80. The maximum absolute atomic E-state index is 11.3. The fourth-order valence-corrected chi connectivity index (χ4v) is 1.22. The van der Waals surface area contributed by atoms with E-state index in [9.17, 15) is 9.59 Å². The minimum Gasteiger partial charge on any atom is -0.481 e. The van der Waals surface area contributed by atoms with Crippen LogP contribution in [0, 0.1) is 6.92 Å². The average Bonchev–Trinajstić information content (AvgIpc) is 2.27. The number of esters is 1. The molecule has 0 aromatic heterocycles. The standard InChI is InChI=1S/C12H15NO4/c1-8-2-4-9(5-3-8)7-17-12(16)10(13)6-11(14)15/h2-5,10H,6-7,13H2,1H3,(H,14,15)/t10-/m0/s1. The van der Waals surface area contributed by atoms with E-state index in [0.717, 1.165) is 11.1 Å². The van der Waals surface area contributed by atoms with Gasteiger partial charge in [-0.2, -0.15) is 0 Å². The molecule has 0 amide bonds. The van der Waals surface area contributed by atoms with Gasteiger partial charge in [0.05, 0.1) is 6.42 Å². The molecule has 17 heavy (non-hydrogen) atoms. The number of carboxylic acids is 1. The van der Waals surface area contributed by atoms with Crippen LogP contribution in [0.4, 0.5) is 0 Å². The highest BCUT2D eigenvalue weighted by molar-refractivity contribution is 5.81. The topological polar surface area (TPSA) is 89.6 Å². The van der Waals surface area contributed by atoms with Crippen LogP contribution in [-0.2, 0) is 20.9 Å². The predicted octanol–water partition coefficient (Wildman–Crippen LogP) is 0.840. The van der Waals surface area contributed by atoms with Crippen LogP contribution < -0.4 is 5.73 Å². The monoisotopic (exact) mass is 237 g/mol. The van der Waals surface area contributed by atoms with Crippen LogP contribution in [0.5, 0.6) is 0 Å². The van der Waals surface area contributed by atoms with Crippen LogP contribution in [-0.4, -0.2) is 23.1 Å². The molecule has 5 heteroatoms. The Bertz CT molecular complexity index is 399. The molecule has 1 aromatic rings. The second kappa shape index (κ2) is 6.00. The molecule has 0 aliphatic rings. The number of hydrogen-bond acceptors (Lipinski definition) is 4. The molecule has 0 saturated heterocycles. The molecule has 0 bridgehead atoms. The van der Waals surface area contributed by atoms with Gasteiger partial charge in [-0.25, -0.2) is 0 Å². The van der Waals surface area contributed by atoms with Crippen molar-refractivity contribution in [2.45, 2.75) is 26.0 Å². The van der Waals surface area contributed by atoms with Crippen LogP contribution in [0.25, 0.3) is 0 Å². The number of carboxylic acid groups (broad SMARTS) is 1. The summed E-state index contributed by atoms with van der Waals surface area (Å²) in [5.74, 6) is -1.82. The normalized spacial score (nSPS) is 11.9. The molecule has 0 fully saturated rings. The van der Waals surface area contributed by atoms with Gasteiger partial charge in [0.1, 0.15) is 12.6 Å². The van der Waals surface area contributed by atoms with Gasteiger partial charge in [-0.3, -0.25) is 9.59 Å². The first-order chi connectivity index (χ1) is 7.99. The first kappa shape index (κ1) is 13.2. The minimum absolute atomic E-state index is 0.104. The molecule has 0 saturated carbocycles. The van der Waals surface area contributed by atoms with Crippen molar-refractivity contribution in [3.63, 3.8) is 0 Å². The van der Waals surface area contributed by atoms with Crippen LogP contribution in [0.1, 0.15) is 17.5 Å². The summed E-state index contributed by atoms with van der Waals surface area (Å²) in [4.78, 5) is 21.6. The van der Waals surface area contributed by atoms with Crippen molar-refractivity contribution >= 4 is 11.9 Å². The Hall–Kier alpha value is -1.88. The highest BCUT2D eigenvalue weighted by Gasteiger charge is 2.18. The molecule has 1 atom stereocenters. The van der Waals surface area contributed by atoms with E-state index in [1.807, 2.05) is 31.2 Å². The average molecular weight is 237 g/mol. The van der Waals surface area contributed by atoms with Crippen molar-refractivity contribution in [3.05, 3.63) is 35.4 Å². The number of aliphatic carboxylic acids is 1. The number of nitrogens with two attached hydrogens (primary N) is 1. The summed E-state index contributed by atoms with van der Waals surface area (Å²) < 4.78 is 4.90. The lowest BCUT2D eigenvalue weighted by molar-refractivity contribution is -0.150. The van der Waals surface area contributed by atoms with E-state index in [1.54, 1.807) is 0 Å². The molecule has 0 radical (unpaired) electrons. The van der Waals surface area contributed by atoms with Crippen molar-refractivity contribution in [2.24, 2.45) is 5.73 Å². The predicted molar refractivity (Wildman–Crippen MR) is 61.2 cm³/mol. The summed E-state index contributed by atoms with van der Waals surface area (Å²) >= 11 is 0. The van der Waals surface area contributed by atoms with Gasteiger partial charge in [0.2, 0.25) is 0 Å². The fraction of sp³-hybridized carbons (Fsp3) is 0.333. The van der Waals surface area contributed by atoms with Gasteiger partial charge in [-0.1, -0.05) is 29.8 Å². The summed E-state index contributed by atoms with van der Waals surface area (Å²) in [7, 11) is 0. The zero-order valence-electron chi connectivity index (χ0n) is 9.55. The van der Waals surface area contributed by atoms with E-state index in [0.29, 0.717) is 0 Å². The Morgan fingerprint density at radius 2 is 1.94 bits per heavy atom. The van der Waals surface area contributed by atoms with E-state index in [4.69, 9.17) is 15.6 Å². The highest BCUT2D eigenvalue weighted by Crippen LogP contribution is 2.05. The number of carbonyl (C=O) groups is 2. The summed E-state index contributed by atoms with van der Waals surface area (Å²) in [5, 5.41) is 8.46. The quantitative estimate of drug-likeness (QED) is 0.741. The van der Waals surface area contributed by atoms with Gasteiger partial charge in [0.25, 0.3) is 0 Å². The molecule has 1 aromatic carbocycles. The fourth-order valence-electron chi connectivity index (χ4n) is 1.22. The lowest BCUT2D eigenvalue weighted by Gasteiger charge is -2.09. The zero-order valence-corrected chi connectivity index (χ0v) is 9.55. The molecular formula is C12H15NO4. The van der Waals surface area contributed by atoms with Crippen molar-refractivity contribution in [3.8, 4) is 0 Å². The molecular weight excluding hydrogens is 222 g/mol. The van der Waals surface area contributed by atoms with E-state index >= 15 is 0 Å². The van der Waals surface area contributed by atoms with Crippen LogP contribution in [0.2, 0.25) is 0 Å². The van der Waals surface area contributed by atoms with Gasteiger partial charge < -0.3 is 15.6 Å². The third kappa shape index (κ3) is 4.65. The molecule has 5 nitrogen and oxygen atoms in total. The van der Waals surface area contributed by atoms with E-state index in [2.05, 4.69) is 0 Å². The molecule has 0 aliphatic heterocycles. The van der Waals surface area contributed by atoms with Crippen molar-refractivity contribution in [1.82, 2.24) is 0 Å². The Balaban J connectivity index is 2.42. The van der Waals surface area contributed by atoms with Crippen LogP contribution in [0.15, 0.2) is 24.3 Å². The molecule has 0 heterocycles. The van der Waals surface area contributed by atoms with Gasteiger partial charge in [-0.05, 0) is 12.5 Å². The zero-order chi connectivity index (χ0) is 12.8. The largest absolute Gasteiger partial charge is 0.481 e. The first-order valence-corrected chi connectivity index (χ1v) is 5.18. The number of carbonyl (C=O) groups excluding carboxylic acids is 1. The number of hydrogen-bond donors (Lipinski definition) is 2. The SMILES string of the molecule is Cc1ccc(COC(=O)[C@@H](N)CC(=O)O)cc1. The highest BCUT2D eigenvalue weighted by atomic mass is 16.5. The van der Waals surface area contributed by atoms with Gasteiger partial charge in [0.15, 0.2) is 0 Å². The Morgan fingerprint density at radius 1 is 1.35 bits per heavy atom. The first-order valence-electron chi connectivity index (χ1n) is 5.18. The third-order valence-corrected chi connectivity index (χ3v) is 2.20. The van der Waals surface area contributed by atoms with E-state index in [1.165, 1.54) is 0 Å². The van der Waals surface area contributed by atoms with Crippen molar-refractivity contribution < 1.29 is 19.4 Å². The van der Waals surface area contributed by atoms with Gasteiger partial charge in [-0.15, -0.1) is 0 Å². The molecule has 92 valence electrons. The van der Waals surface area contributed by atoms with Crippen molar-refractivity contribution in [1.29, 1.82) is 0 Å². The second-order valence-electron chi connectivity index (χ2n) is 3.80. The van der Waals surface area contributed by atoms with Crippen LogP contribution >= 0.6 is 0 Å². The molecule has 0 spiro atoms. The van der Waals surface area contributed by atoms with Crippen molar-refractivity contribution in [2.75, 3.05) is 0 Å².